The predicted octanol–water partition coefficient (Wildman–Crippen LogP) is 4.28. The summed E-state index contributed by atoms with van der Waals surface area (Å²) < 4.78 is 1.04. The molecule has 116 valence electrons. The first-order chi connectivity index (χ1) is 10.5. The quantitative estimate of drug-likeness (QED) is 0.835. The molecular formula is C17H20BrN3O. The van der Waals surface area contributed by atoms with E-state index in [2.05, 4.69) is 45.4 Å². The molecule has 2 N–H and O–H groups in total. The molecule has 1 aromatic heterocycles. The molecule has 5 heteroatoms. The number of aromatic nitrogens is 1. The maximum atomic E-state index is 12.1. The van der Waals surface area contributed by atoms with Crippen molar-refractivity contribution in [3.63, 3.8) is 0 Å². The van der Waals surface area contributed by atoms with Crippen LogP contribution in [0.1, 0.15) is 29.8 Å². The Kier molecular flexibility index (Phi) is 5.55. The summed E-state index contributed by atoms with van der Waals surface area (Å²) in [5.74, 6) is 0.320. The maximum absolute atomic E-state index is 12.1. The second kappa shape index (κ2) is 7.40. The SMILES string of the molecule is Cc1cc(Br)ccc1Nc1cncc(C(=O)NCC(C)C)c1. The van der Waals surface area contributed by atoms with E-state index in [-0.39, 0.29) is 5.91 Å². The Morgan fingerprint density at radius 3 is 2.73 bits per heavy atom. The van der Waals surface area contributed by atoms with Crippen molar-refractivity contribution >= 4 is 33.2 Å². The molecule has 0 saturated heterocycles. The molecule has 0 fully saturated rings. The molecule has 0 spiro atoms. The minimum absolute atomic E-state index is 0.0996. The molecule has 0 aliphatic heterocycles. The van der Waals surface area contributed by atoms with Crippen molar-refractivity contribution in [3.05, 3.63) is 52.3 Å². The third-order valence-electron chi connectivity index (χ3n) is 3.14. The van der Waals surface area contributed by atoms with Crippen molar-refractivity contribution in [1.29, 1.82) is 0 Å². The minimum Gasteiger partial charge on any atom is -0.354 e. The van der Waals surface area contributed by atoms with Crippen molar-refractivity contribution in [3.8, 4) is 0 Å². The number of hydrogen-bond donors (Lipinski definition) is 2. The third-order valence-corrected chi connectivity index (χ3v) is 3.63. The maximum Gasteiger partial charge on any atom is 0.252 e. The number of hydrogen-bond acceptors (Lipinski definition) is 3. The number of halogens is 1. The van der Waals surface area contributed by atoms with Crippen LogP contribution in [0.2, 0.25) is 0 Å². The highest BCUT2D eigenvalue weighted by atomic mass is 79.9. The highest BCUT2D eigenvalue weighted by Crippen LogP contribution is 2.23. The Balaban J connectivity index is 2.12. The molecule has 1 heterocycles. The summed E-state index contributed by atoms with van der Waals surface area (Å²) >= 11 is 3.45. The molecule has 4 nitrogen and oxygen atoms in total. The van der Waals surface area contributed by atoms with Gasteiger partial charge in [0, 0.05) is 22.9 Å². The van der Waals surface area contributed by atoms with Gasteiger partial charge in [0.05, 0.1) is 17.4 Å². The molecule has 2 rings (SSSR count). The van der Waals surface area contributed by atoms with Gasteiger partial charge in [0.25, 0.3) is 5.91 Å². The van der Waals surface area contributed by atoms with Crippen LogP contribution in [0.3, 0.4) is 0 Å². The molecule has 0 bridgehead atoms. The van der Waals surface area contributed by atoms with Crippen LogP contribution in [0.25, 0.3) is 0 Å². The first-order valence-corrected chi connectivity index (χ1v) is 8.01. The lowest BCUT2D eigenvalue weighted by Gasteiger charge is -2.11. The van der Waals surface area contributed by atoms with Gasteiger partial charge in [-0.15, -0.1) is 0 Å². The van der Waals surface area contributed by atoms with E-state index in [1.807, 2.05) is 31.2 Å². The lowest BCUT2D eigenvalue weighted by Crippen LogP contribution is -2.27. The molecule has 0 saturated carbocycles. The summed E-state index contributed by atoms with van der Waals surface area (Å²) in [6.07, 6.45) is 3.29. The number of carbonyl (C=O) groups is 1. The third kappa shape index (κ3) is 4.56. The second-order valence-corrected chi connectivity index (χ2v) is 6.57. The Morgan fingerprint density at radius 1 is 1.27 bits per heavy atom. The van der Waals surface area contributed by atoms with E-state index in [1.165, 1.54) is 0 Å². The number of carbonyl (C=O) groups excluding carboxylic acids is 1. The van der Waals surface area contributed by atoms with Crippen LogP contribution in [0.5, 0.6) is 0 Å². The van der Waals surface area contributed by atoms with Crippen LogP contribution in [0.15, 0.2) is 41.1 Å². The van der Waals surface area contributed by atoms with Gasteiger partial charge < -0.3 is 10.6 Å². The fourth-order valence-corrected chi connectivity index (χ4v) is 2.43. The number of nitrogens with zero attached hydrogens (tertiary/aromatic N) is 1. The Hall–Kier alpha value is -1.88. The average molecular weight is 362 g/mol. The molecule has 22 heavy (non-hydrogen) atoms. The Morgan fingerprint density at radius 2 is 2.05 bits per heavy atom. The molecule has 0 aliphatic rings. The summed E-state index contributed by atoms with van der Waals surface area (Å²) in [6, 6.07) is 7.81. The highest BCUT2D eigenvalue weighted by molar-refractivity contribution is 9.10. The number of benzene rings is 1. The minimum atomic E-state index is -0.0996. The van der Waals surface area contributed by atoms with Gasteiger partial charge in [-0.05, 0) is 42.7 Å². The topological polar surface area (TPSA) is 54.0 Å². The summed E-state index contributed by atoms with van der Waals surface area (Å²) in [4.78, 5) is 16.2. The number of pyridine rings is 1. The van der Waals surface area contributed by atoms with Crippen molar-refractivity contribution < 1.29 is 4.79 Å². The van der Waals surface area contributed by atoms with Crippen molar-refractivity contribution in [2.75, 3.05) is 11.9 Å². The Bertz CT molecular complexity index is 671. The summed E-state index contributed by atoms with van der Waals surface area (Å²) in [6.45, 7) is 6.81. The standard InChI is InChI=1S/C17H20BrN3O/c1-11(2)8-20-17(22)13-7-15(10-19-9-13)21-16-5-4-14(18)6-12(16)3/h4-7,9-11,21H,8H2,1-3H3,(H,20,22). The van der Waals surface area contributed by atoms with Gasteiger partial charge in [-0.3, -0.25) is 9.78 Å². The smallest absolute Gasteiger partial charge is 0.252 e. The van der Waals surface area contributed by atoms with E-state index in [0.29, 0.717) is 18.0 Å². The predicted molar refractivity (Wildman–Crippen MR) is 93.6 cm³/mol. The van der Waals surface area contributed by atoms with Crippen molar-refractivity contribution in [2.45, 2.75) is 20.8 Å². The van der Waals surface area contributed by atoms with Crippen LogP contribution in [0.4, 0.5) is 11.4 Å². The number of nitrogens with one attached hydrogen (secondary N) is 2. The van der Waals surface area contributed by atoms with Crippen LogP contribution in [-0.4, -0.2) is 17.4 Å². The summed E-state index contributed by atoms with van der Waals surface area (Å²) in [7, 11) is 0. The van der Waals surface area contributed by atoms with Crippen LogP contribution in [0, 0.1) is 12.8 Å². The fraction of sp³-hybridized carbons (Fsp3) is 0.294. The first-order valence-electron chi connectivity index (χ1n) is 7.22. The lowest BCUT2D eigenvalue weighted by atomic mass is 10.2. The lowest BCUT2D eigenvalue weighted by molar-refractivity contribution is 0.0948. The van der Waals surface area contributed by atoms with Crippen LogP contribution >= 0.6 is 15.9 Å². The average Bonchev–Trinajstić information content (AvgIpc) is 2.48. The zero-order valence-electron chi connectivity index (χ0n) is 13.0. The summed E-state index contributed by atoms with van der Waals surface area (Å²) in [5, 5.41) is 6.19. The van der Waals surface area contributed by atoms with Crippen molar-refractivity contribution in [2.24, 2.45) is 5.92 Å². The molecule has 0 unspecified atom stereocenters. The first kappa shape index (κ1) is 16.5. The van der Waals surface area contributed by atoms with E-state index >= 15 is 0 Å². The second-order valence-electron chi connectivity index (χ2n) is 5.65. The van der Waals surface area contributed by atoms with E-state index in [1.54, 1.807) is 12.4 Å². The fourth-order valence-electron chi connectivity index (χ4n) is 1.95. The van der Waals surface area contributed by atoms with Crippen LogP contribution < -0.4 is 10.6 Å². The number of aryl methyl sites for hydroxylation is 1. The van der Waals surface area contributed by atoms with Gasteiger partial charge in [-0.25, -0.2) is 0 Å². The van der Waals surface area contributed by atoms with Gasteiger partial charge in [-0.2, -0.15) is 0 Å². The van der Waals surface area contributed by atoms with Gasteiger partial charge in [-0.1, -0.05) is 29.8 Å². The largest absolute Gasteiger partial charge is 0.354 e. The van der Waals surface area contributed by atoms with Gasteiger partial charge >= 0.3 is 0 Å². The van der Waals surface area contributed by atoms with Crippen LogP contribution in [-0.2, 0) is 0 Å². The number of anilines is 2. The summed E-state index contributed by atoms with van der Waals surface area (Å²) in [5.41, 5.74) is 3.46. The van der Waals surface area contributed by atoms with Crippen molar-refractivity contribution in [1.82, 2.24) is 10.3 Å². The molecule has 0 aliphatic carbocycles. The molecule has 1 amide bonds. The normalized spacial score (nSPS) is 10.6. The zero-order chi connectivity index (χ0) is 16.1. The highest BCUT2D eigenvalue weighted by Gasteiger charge is 2.08. The van der Waals surface area contributed by atoms with E-state index in [4.69, 9.17) is 0 Å². The number of amides is 1. The Labute approximate surface area is 139 Å². The monoisotopic (exact) mass is 361 g/mol. The van der Waals surface area contributed by atoms with Gasteiger partial charge in [0.2, 0.25) is 0 Å². The molecule has 0 radical (unpaired) electrons. The zero-order valence-corrected chi connectivity index (χ0v) is 14.6. The van der Waals surface area contributed by atoms with Gasteiger partial charge in [0.15, 0.2) is 0 Å². The number of rotatable bonds is 5. The van der Waals surface area contributed by atoms with E-state index in [9.17, 15) is 4.79 Å². The molecular weight excluding hydrogens is 342 g/mol. The van der Waals surface area contributed by atoms with E-state index in [0.717, 1.165) is 21.4 Å². The molecule has 0 atom stereocenters. The van der Waals surface area contributed by atoms with E-state index < -0.39 is 0 Å². The molecule has 2 aromatic rings. The van der Waals surface area contributed by atoms with Gasteiger partial charge in [0.1, 0.15) is 0 Å². The molecule has 1 aromatic carbocycles.